The Hall–Kier alpha value is -1.02. The van der Waals surface area contributed by atoms with Gasteiger partial charge in [0.15, 0.2) is 0 Å². The third-order valence-electron chi connectivity index (χ3n) is 4.08. The Kier molecular flexibility index (Phi) is 4.51. The maximum Gasteiger partial charge on any atom is 0.0364 e. The molecule has 0 spiro atoms. The lowest BCUT2D eigenvalue weighted by Gasteiger charge is -2.30. The first-order chi connectivity index (χ1) is 8.97. The van der Waals surface area contributed by atoms with Crippen LogP contribution in [0.5, 0.6) is 0 Å². The fourth-order valence-electron chi connectivity index (χ4n) is 2.73. The van der Waals surface area contributed by atoms with Crippen LogP contribution in [0.4, 0.5) is 5.69 Å². The van der Waals surface area contributed by atoms with E-state index in [1.807, 2.05) is 0 Å². The molecule has 1 aromatic carbocycles. The largest absolute Gasteiger partial charge is 0.373 e. The average Bonchev–Trinajstić information content (AvgIpc) is 2.39. The molecule has 1 aliphatic rings. The number of nitrogens with zero attached hydrogens (tertiary/aromatic N) is 1. The SMILES string of the molecule is CN(CC1CCCCN1)c1ccc(C(C)(C)C)cc1. The topological polar surface area (TPSA) is 15.3 Å². The van der Waals surface area contributed by atoms with Crippen LogP contribution in [0.1, 0.15) is 45.6 Å². The van der Waals surface area contributed by atoms with Crippen molar-refractivity contribution in [2.24, 2.45) is 0 Å². The molecular formula is C17H28N2. The van der Waals surface area contributed by atoms with Gasteiger partial charge < -0.3 is 10.2 Å². The van der Waals surface area contributed by atoms with Crippen LogP contribution < -0.4 is 10.2 Å². The fourth-order valence-corrected chi connectivity index (χ4v) is 2.73. The number of nitrogens with one attached hydrogen (secondary N) is 1. The van der Waals surface area contributed by atoms with Crippen molar-refractivity contribution in [1.29, 1.82) is 0 Å². The highest BCUT2D eigenvalue weighted by molar-refractivity contribution is 5.48. The maximum atomic E-state index is 3.61. The quantitative estimate of drug-likeness (QED) is 0.894. The van der Waals surface area contributed by atoms with Gasteiger partial charge in [-0.3, -0.25) is 0 Å². The minimum Gasteiger partial charge on any atom is -0.373 e. The van der Waals surface area contributed by atoms with Gasteiger partial charge in [0.2, 0.25) is 0 Å². The van der Waals surface area contributed by atoms with Crippen LogP contribution in [-0.2, 0) is 5.41 Å². The van der Waals surface area contributed by atoms with E-state index in [0.29, 0.717) is 6.04 Å². The molecule has 0 radical (unpaired) electrons. The summed E-state index contributed by atoms with van der Waals surface area (Å²) in [7, 11) is 2.20. The Morgan fingerprint density at radius 2 is 1.84 bits per heavy atom. The normalized spacial score (nSPS) is 20.3. The van der Waals surface area contributed by atoms with Crippen molar-refractivity contribution in [2.75, 3.05) is 25.0 Å². The molecule has 1 heterocycles. The van der Waals surface area contributed by atoms with Gasteiger partial charge in [0, 0.05) is 25.3 Å². The first-order valence-corrected chi connectivity index (χ1v) is 7.52. The number of rotatable bonds is 3. The fraction of sp³-hybridized carbons (Fsp3) is 0.647. The van der Waals surface area contributed by atoms with Gasteiger partial charge in [-0.25, -0.2) is 0 Å². The predicted molar refractivity (Wildman–Crippen MR) is 84.1 cm³/mol. The summed E-state index contributed by atoms with van der Waals surface area (Å²) in [6.07, 6.45) is 4.01. The van der Waals surface area contributed by atoms with Crippen molar-refractivity contribution in [2.45, 2.75) is 51.5 Å². The molecule has 0 amide bonds. The number of piperidine rings is 1. The summed E-state index contributed by atoms with van der Waals surface area (Å²) in [5.41, 5.74) is 2.96. The number of hydrogen-bond acceptors (Lipinski definition) is 2. The van der Waals surface area contributed by atoms with Gasteiger partial charge >= 0.3 is 0 Å². The van der Waals surface area contributed by atoms with Gasteiger partial charge in [-0.05, 0) is 42.5 Å². The monoisotopic (exact) mass is 260 g/mol. The predicted octanol–water partition coefficient (Wildman–Crippen LogP) is 3.56. The van der Waals surface area contributed by atoms with E-state index in [1.165, 1.54) is 37.1 Å². The molecule has 1 atom stereocenters. The lowest BCUT2D eigenvalue weighted by molar-refractivity contribution is 0.403. The average molecular weight is 260 g/mol. The summed E-state index contributed by atoms with van der Waals surface area (Å²) >= 11 is 0. The molecule has 1 aliphatic heterocycles. The molecule has 1 N–H and O–H groups in total. The summed E-state index contributed by atoms with van der Waals surface area (Å²) in [4.78, 5) is 2.37. The van der Waals surface area contributed by atoms with Crippen LogP contribution in [0.2, 0.25) is 0 Å². The molecule has 0 bridgehead atoms. The smallest absolute Gasteiger partial charge is 0.0364 e. The second-order valence-electron chi connectivity index (χ2n) is 6.82. The van der Waals surface area contributed by atoms with Crippen LogP contribution in [0, 0.1) is 0 Å². The van der Waals surface area contributed by atoms with Crippen LogP contribution in [-0.4, -0.2) is 26.2 Å². The van der Waals surface area contributed by atoms with E-state index in [-0.39, 0.29) is 5.41 Å². The van der Waals surface area contributed by atoms with Crippen LogP contribution >= 0.6 is 0 Å². The molecule has 0 aliphatic carbocycles. The highest BCUT2D eigenvalue weighted by atomic mass is 15.1. The molecule has 1 unspecified atom stereocenters. The third-order valence-corrected chi connectivity index (χ3v) is 4.08. The lowest BCUT2D eigenvalue weighted by atomic mass is 9.87. The Labute approximate surface area is 118 Å². The van der Waals surface area contributed by atoms with Crippen molar-refractivity contribution in [3.05, 3.63) is 29.8 Å². The molecule has 1 aromatic rings. The van der Waals surface area contributed by atoms with Gasteiger partial charge in [-0.15, -0.1) is 0 Å². The number of likely N-dealkylation sites (N-methyl/N-ethyl adjacent to an activating group) is 1. The van der Waals surface area contributed by atoms with Gasteiger partial charge in [0.25, 0.3) is 0 Å². The van der Waals surface area contributed by atoms with E-state index in [4.69, 9.17) is 0 Å². The Morgan fingerprint density at radius 3 is 2.37 bits per heavy atom. The van der Waals surface area contributed by atoms with Gasteiger partial charge in [0.1, 0.15) is 0 Å². The Bertz CT molecular complexity index is 383. The van der Waals surface area contributed by atoms with Gasteiger partial charge in [0.05, 0.1) is 0 Å². The van der Waals surface area contributed by atoms with Crippen LogP contribution in [0.25, 0.3) is 0 Å². The minimum atomic E-state index is 0.238. The molecule has 19 heavy (non-hydrogen) atoms. The number of anilines is 1. The van der Waals surface area contributed by atoms with Crippen LogP contribution in [0.3, 0.4) is 0 Å². The molecule has 2 heteroatoms. The van der Waals surface area contributed by atoms with E-state index in [9.17, 15) is 0 Å². The maximum absolute atomic E-state index is 3.61. The number of hydrogen-bond donors (Lipinski definition) is 1. The zero-order chi connectivity index (χ0) is 13.9. The van der Waals surface area contributed by atoms with E-state index in [2.05, 4.69) is 62.3 Å². The summed E-state index contributed by atoms with van der Waals surface area (Å²) in [6.45, 7) is 9.07. The van der Waals surface area contributed by atoms with E-state index in [1.54, 1.807) is 0 Å². The van der Waals surface area contributed by atoms with E-state index in [0.717, 1.165) is 6.54 Å². The molecule has 0 aromatic heterocycles. The zero-order valence-electron chi connectivity index (χ0n) is 12.9. The summed E-state index contributed by atoms with van der Waals surface area (Å²) in [5.74, 6) is 0. The molecular weight excluding hydrogens is 232 g/mol. The minimum absolute atomic E-state index is 0.238. The van der Waals surface area contributed by atoms with Crippen molar-refractivity contribution in [1.82, 2.24) is 5.32 Å². The Morgan fingerprint density at radius 1 is 1.16 bits per heavy atom. The second-order valence-corrected chi connectivity index (χ2v) is 6.82. The first kappa shape index (κ1) is 14.4. The highest BCUT2D eigenvalue weighted by Crippen LogP contribution is 2.24. The molecule has 2 rings (SSSR count). The molecule has 1 saturated heterocycles. The molecule has 2 nitrogen and oxygen atoms in total. The van der Waals surface area contributed by atoms with Gasteiger partial charge in [-0.2, -0.15) is 0 Å². The van der Waals surface area contributed by atoms with Crippen molar-refractivity contribution in [3.8, 4) is 0 Å². The standard InChI is InChI=1S/C17H28N2/c1-17(2,3)14-8-10-16(11-9-14)19(4)13-15-7-5-6-12-18-15/h8-11,15,18H,5-7,12-13H2,1-4H3. The van der Waals surface area contributed by atoms with Crippen LogP contribution in [0.15, 0.2) is 24.3 Å². The second kappa shape index (κ2) is 5.96. The lowest BCUT2D eigenvalue weighted by Crippen LogP contribution is -2.42. The molecule has 0 saturated carbocycles. The van der Waals surface area contributed by atoms with Crippen molar-refractivity contribution in [3.63, 3.8) is 0 Å². The van der Waals surface area contributed by atoms with E-state index < -0.39 is 0 Å². The third kappa shape index (κ3) is 3.97. The first-order valence-electron chi connectivity index (χ1n) is 7.52. The number of benzene rings is 1. The van der Waals surface area contributed by atoms with E-state index >= 15 is 0 Å². The Balaban J connectivity index is 1.97. The summed E-state index contributed by atoms with van der Waals surface area (Å²) in [6, 6.07) is 9.69. The van der Waals surface area contributed by atoms with Gasteiger partial charge in [-0.1, -0.05) is 39.3 Å². The zero-order valence-corrected chi connectivity index (χ0v) is 12.9. The summed E-state index contributed by atoms with van der Waals surface area (Å²) in [5, 5.41) is 3.61. The molecule has 1 fully saturated rings. The van der Waals surface area contributed by atoms with Crippen molar-refractivity contribution >= 4 is 5.69 Å². The summed E-state index contributed by atoms with van der Waals surface area (Å²) < 4.78 is 0. The molecule has 106 valence electrons. The van der Waals surface area contributed by atoms with Crippen molar-refractivity contribution < 1.29 is 0 Å². The highest BCUT2D eigenvalue weighted by Gasteiger charge is 2.16.